The minimum absolute atomic E-state index is 0.0377. The molecule has 2 bridgehead atoms. The Hall–Kier alpha value is -1.92. The van der Waals surface area contributed by atoms with Crippen LogP contribution in [-0.4, -0.2) is 59.0 Å². The third kappa shape index (κ3) is 2.91. The van der Waals surface area contributed by atoms with Gasteiger partial charge in [0.05, 0.1) is 18.7 Å². The number of piperidine rings is 1. The molecular formula is C20H26N4O2. The average Bonchev–Trinajstić information content (AvgIpc) is 3.36. The first-order valence-corrected chi connectivity index (χ1v) is 9.75. The summed E-state index contributed by atoms with van der Waals surface area (Å²) in [6.45, 7) is 2.44. The van der Waals surface area contributed by atoms with Gasteiger partial charge in [0.2, 0.25) is 0 Å². The molecule has 2 saturated heterocycles. The molecular weight excluding hydrogens is 328 g/mol. The Morgan fingerprint density at radius 3 is 2.69 bits per heavy atom. The van der Waals surface area contributed by atoms with Crippen molar-refractivity contribution in [3.63, 3.8) is 0 Å². The van der Waals surface area contributed by atoms with Crippen molar-refractivity contribution in [1.29, 1.82) is 0 Å². The van der Waals surface area contributed by atoms with Gasteiger partial charge in [0.1, 0.15) is 0 Å². The van der Waals surface area contributed by atoms with E-state index in [1.54, 1.807) is 0 Å². The first-order valence-electron chi connectivity index (χ1n) is 9.75. The van der Waals surface area contributed by atoms with Crippen LogP contribution >= 0.6 is 0 Å². The second-order valence-electron chi connectivity index (χ2n) is 8.14. The highest BCUT2D eigenvalue weighted by atomic mass is 16.5. The second-order valence-corrected chi connectivity index (χ2v) is 8.14. The zero-order valence-electron chi connectivity index (χ0n) is 15.2. The lowest BCUT2D eigenvalue weighted by molar-refractivity contribution is -0.0670. The summed E-state index contributed by atoms with van der Waals surface area (Å²) < 4.78 is 7.71. The third-order valence-electron chi connectivity index (χ3n) is 6.22. The average molecular weight is 354 g/mol. The number of nitrogens with one attached hydrogen (secondary N) is 1. The number of fused-ring (bicyclic) bond motifs is 3. The fourth-order valence-electron chi connectivity index (χ4n) is 4.45. The van der Waals surface area contributed by atoms with Crippen LogP contribution in [0.25, 0.3) is 10.9 Å². The maximum absolute atomic E-state index is 13.0. The molecule has 1 aromatic carbocycles. The van der Waals surface area contributed by atoms with Crippen LogP contribution in [0, 0.1) is 5.92 Å². The molecule has 3 heterocycles. The number of rotatable bonds is 4. The van der Waals surface area contributed by atoms with Crippen molar-refractivity contribution in [1.82, 2.24) is 20.0 Å². The summed E-state index contributed by atoms with van der Waals surface area (Å²) in [6, 6.07) is 9.09. The van der Waals surface area contributed by atoms with E-state index >= 15 is 0 Å². The number of benzene rings is 1. The van der Waals surface area contributed by atoms with Crippen LogP contribution in [0.1, 0.15) is 36.2 Å². The first kappa shape index (κ1) is 16.3. The summed E-state index contributed by atoms with van der Waals surface area (Å²) in [7, 11) is 2.17. The Kier molecular flexibility index (Phi) is 3.98. The summed E-state index contributed by atoms with van der Waals surface area (Å²) in [5.74, 6) is 0.687. The Morgan fingerprint density at radius 2 is 1.96 bits per heavy atom. The monoisotopic (exact) mass is 354 g/mol. The minimum Gasteiger partial charge on any atom is -0.378 e. The van der Waals surface area contributed by atoms with Gasteiger partial charge in [-0.2, -0.15) is 5.10 Å². The molecule has 6 nitrogen and oxygen atoms in total. The molecule has 1 aliphatic carbocycles. The van der Waals surface area contributed by atoms with E-state index in [1.807, 2.05) is 22.9 Å². The highest BCUT2D eigenvalue weighted by Crippen LogP contribution is 2.32. The Bertz CT molecular complexity index is 814. The number of para-hydroxylation sites is 1. The predicted molar refractivity (Wildman–Crippen MR) is 99.1 cm³/mol. The molecule has 0 radical (unpaired) electrons. The molecule has 1 saturated carbocycles. The Labute approximate surface area is 153 Å². The van der Waals surface area contributed by atoms with Crippen molar-refractivity contribution < 1.29 is 9.53 Å². The molecule has 2 atom stereocenters. The number of carbonyl (C=O) groups excluding carboxylic acids is 1. The molecule has 138 valence electrons. The van der Waals surface area contributed by atoms with Gasteiger partial charge in [-0.15, -0.1) is 0 Å². The zero-order valence-corrected chi connectivity index (χ0v) is 15.2. The molecule has 5 rings (SSSR count). The van der Waals surface area contributed by atoms with E-state index < -0.39 is 0 Å². The summed E-state index contributed by atoms with van der Waals surface area (Å²) in [6.07, 6.45) is 4.44. The number of hydrogen-bond donors (Lipinski definition) is 1. The minimum atomic E-state index is -0.0377. The van der Waals surface area contributed by atoms with Gasteiger partial charge in [-0.3, -0.25) is 14.4 Å². The van der Waals surface area contributed by atoms with E-state index in [0.717, 1.165) is 49.4 Å². The van der Waals surface area contributed by atoms with Crippen LogP contribution in [0.15, 0.2) is 24.3 Å². The number of nitrogens with zero attached hydrogens (tertiary/aromatic N) is 3. The molecule has 1 amide bonds. The summed E-state index contributed by atoms with van der Waals surface area (Å²) in [4.78, 5) is 15.4. The van der Waals surface area contributed by atoms with Crippen LogP contribution in [0.4, 0.5) is 0 Å². The maximum atomic E-state index is 13.0. The quantitative estimate of drug-likeness (QED) is 0.913. The number of aromatic nitrogens is 2. The highest BCUT2D eigenvalue weighted by Gasteiger charge is 2.37. The van der Waals surface area contributed by atoms with E-state index in [-0.39, 0.29) is 11.9 Å². The molecule has 26 heavy (non-hydrogen) atoms. The van der Waals surface area contributed by atoms with Crippen LogP contribution in [0.2, 0.25) is 0 Å². The van der Waals surface area contributed by atoms with Crippen molar-refractivity contribution in [2.24, 2.45) is 5.92 Å². The zero-order chi connectivity index (χ0) is 17.7. The van der Waals surface area contributed by atoms with Gasteiger partial charge < -0.3 is 10.1 Å². The van der Waals surface area contributed by atoms with Crippen LogP contribution < -0.4 is 5.32 Å². The molecule has 2 unspecified atom stereocenters. The summed E-state index contributed by atoms with van der Waals surface area (Å²) >= 11 is 0. The van der Waals surface area contributed by atoms with Gasteiger partial charge in [0.15, 0.2) is 5.69 Å². The standard InChI is InChI=1S/C20H26N4O2/c1-23-15-8-14(9-16(23)12-26-11-15)21-20(25)19-17-4-2-3-5-18(17)24(22-19)10-13-6-7-13/h2-5,13-16H,6-12H2,1H3,(H,21,25). The van der Waals surface area contributed by atoms with E-state index in [9.17, 15) is 4.79 Å². The van der Waals surface area contributed by atoms with Crippen LogP contribution in [-0.2, 0) is 11.3 Å². The van der Waals surface area contributed by atoms with Gasteiger partial charge in [0.25, 0.3) is 5.91 Å². The van der Waals surface area contributed by atoms with Crippen molar-refractivity contribution in [3.8, 4) is 0 Å². The van der Waals surface area contributed by atoms with Crippen molar-refractivity contribution in [3.05, 3.63) is 30.0 Å². The second kappa shape index (κ2) is 6.35. The van der Waals surface area contributed by atoms with Gasteiger partial charge in [0, 0.05) is 30.1 Å². The molecule has 1 aromatic heterocycles. The van der Waals surface area contributed by atoms with E-state index in [2.05, 4.69) is 23.3 Å². The largest absolute Gasteiger partial charge is 0.378 e. The third-order valence-corrected chi connectivity index (χ3v) is 6.22. The van der Waals surface area contributed by atoms with Gasteiger partial charge in [-0.1, -0.05) is 18.2 Å². The van der Waals surface area contributed by atoms with E-state index in [1.165, 1.54) is 12.8 Å². The van der Waals surface area contributed by atoms with Crippen LogP contribution in [0.5, 0.6) is 0 Å². The fraction of sp³-hybridized carbons (Fsp3) is 0.600. The van der Waals surface area contributed by atoms with Crippen molar-refractivity contribution in [2.75, 3.05) is 20.3 Å². The number of ether oxygens (including phenoxy) is 1. The van der Waals surface area contributed by atoms with E-state index in [0.29, 0.717) is 17.8 Å². The fourth-order valence-corrected chi connectivity index (χ4v) is 4.45. The SMILES string of the molecule is CN1C2COCC1CC(NC(=O)c1nn(CC3CC3)c3ccccc13)C2. The molecule has 2 aliphatic heterocycles. The molecule has 1 N–H and O–H groups in total. The summed E-state index contributed by atoms with van der Waals surface area (Å²) in [5, 5.41) is 8.91. The number of hydrogen-bond acceptors (Lipinski definition) is 4. The Balaban J connectivity index is 1.37. The Morgan fingerprint density at radius 1 is 1.23 bits per heavy atom. The van der Waals surface area contributed by atoms with Crippen LogP contribution in [0.3, 0.4) is 0 Å². The highest BCUT2D eigenvalue weighted by molar-refractivity contribution is 6.05. The number of likely N-dealkylation sites (N-methyl/N-ethyl adjacent to an activating group) is 1. The smallest absolute Gasteiger partial charge is 0.272 e. The topological polar surface area (TPSA) is 59.4 Å². The molecule has 6 heteroatoms. The number of morpholine rings is 1. The normalized spacial score (nSPS) is 29.0. The maximum Gasteiger partial charge on any atom is 0.272 e. The number of amides is 1. The lowest BCUT2D eigenvalue weighted by Gasteiger charge is -2.46. The first-order chi connectivity index (χ1) is 12.7. The lowest BCUT2D eigenvalue weighted by Crippen LogP contribution is -2.59. The van der Waals surface area contributed by atoms with Gasteiger partial charge in [-0.25, -0.2) is 0 Å². The molecule has 3 fully saturated rings. The van der Waals surface area contributed by atoms with Crippen molar-refractivity contribution in [2.45, 2.75) is 50.4 Å². The summed E-state index contributed by atoms with van der Waals surface area (Å²) in [5.41, 5.74) is 1.64. The molecule has 3 aliphatic rings. The van der Waals surface area contributed by atoms with E-state index in [4.69, 9.17) is 9.84 Å². The van der Waals surface area contributed by atoms with Crippen molar-refractivity contribution >= 4 is 16.8 Å². The van der Waals surface area contributed by atoms with Gasteiger partial charge in [-0.05, 0) is 44.7 Å². The lowest BCUT2D eigenvalue weighted by atomic mass is 9.90. The molecule has 2 aromatic rings. The van der Waals surface area contributed by atoms with Gasteiger partial charge >= 0.3 is 0 Å². The predicted octanol–water partition coefficient (Wildman–Crippen LogP) is 2.04. The molecule has 0 spiro atoms. The number of carbonyl (C=O) groups is 1.